The summed E-state index contributed by atoms with van der Waals surface area (Å²) >= 11 is 1.25. The average Bonchev–Trinajstić information content (AvgIpc) is 3.17. The Morgan fingerprint density at radius 1 is 1.23 bits per heavy atom. The first kappa shape index (κ1) is 16.8. The molecule has 26 heavy (non-hydrogen) atoms. The van der Waals surface area contributed by atoms with Gasteiger partial charge in [-0.25, -0.2) is 4.98 Å². The van der Waals surface area contributed by atoms with Gasteiger partial charge >= 0.3 is 0 Å². The van der Waals surface area contributed by atoms with E-state index in [0.29, 0.717) is 28.8 Å². The van der Waals surface area contributed by atoms with Gasteiger partial charge in [-0.05, 0) is 61.1 Å². The molecule has 2 aromatic heterocycles. The van der Waals surface area contributed by atoms with Crippen molar-refractivity contribution in [3.63, 3.8) is 0 Å². The van der Waals surface area contributed by atoms with Gasteiger partial charge in [0.2, 0.25) is 6.79 Å². The molecule has 0 fully saturated rings. The van der Waals surface area contributed by atoms with Crippen molar-refractivity contribution in [3.05, 3.63) is 51.4 Å². The zero-order valence-corrected chi connectivity index (χ0v) is 15.4. The number of aryl methyl sites for hydroxylation is 3. The van der Waals surface area contributed by atoms with Gasteiger partial charge in [-0.1, -0.05) is 6.07 Å². The number of carbonyl (C=O) groups excluding carboxylic acids is 1. The van der Waals surface area contributed by atoms with E-state index in [1.54, 1.807) is 0 Å². The molecule has 3 aromatic rings. The molecule has 0 radical (unpaired) electrons. The first-order chi connectivity index (χ1) is 12.5. The van der Waals surface area contributed by atoms with E-state index in [2.05, 4.69) is 4.98 Å². The van der Waals surface area contributed by atoms with E-state index in [0.717, 1.165) is 22.6 Å². The maximum Gasteiger partial charge on any atom is 0.270 e. The van der Waals surface area contributed by atoms with Crippen LogP contribution in [0.15, 0.2) is 29.1 Å². The molecule has 0 unspecified atom stereocenters. The van der Waals surface area contributed by atoms with Gasteiger partial charge in [0.1, 0.15) is 4.83 Å². The Bertz CT molecular complexity index is 1070. The zero-order valence-electron chi connectivity index (χ0n) is 14.6. The quantitative estimate of drug-likeness (QED) is 0.690. The first-order valence-corrected chi connectivity index (χ1v) is 9.17. The van der Waals surface area contributed by atoms with Crippen molar-refractivity contribution in [1.82, 2.24) is 8.94 Å². The zero-order chi connectivity index (χ0) is 18.3. The minimum atomic E-state index is -0.133. The SMILES string of the molecule is Cc1cc(C)c2c(=O)n(CC(=O)CCc3ccc4c(c3)OCO4)sc2n1. The van der Waals surface area contributed by atoms with Crippen LogP contribution in [0.1, 0.15) is 23.2 Å². The van der Waals surface area contributed by atoms with E-state index >= 15 is 0 Å². The highest BCUT2D eigenvalue weighted by atomic mass is 32.1. The molecular formula is C19H18N2O4S. The predicted octanol–water partition coefficient (Wildman–Crippen LogP) is 3.01. The Morgan fingerprint density at radius 3 is 2.88 bits per heavy atom. The second-order valence-electron chi connectivity index (χ2n) is 6.42. The molecule has 0 saturated heterocycles. The van der Waals surface area contributed by atoms with Crippen molar-refractivity contribution in [3.8, 4) is 11.5 Å². The van der Waals surface area contributed by atoms with Crippen LogP contribution in [0.3, 0.4) is 0 Å². The molecule has 0 aliphatic carbocycles. The maximum absolute atomic E-state index is 12.5. The van der Waals surface area contributed by atoms with Gasteiger partial charge in [-0.3, -0.25) is 13.5 Å². The number of benzene rings is 1. The van der Waals surface area contributed by atoms with Crippen molar-refractivity contribution < 1.29 is 14.3 Å². The number of carbonyl (C=O) groups is 1. The highest BCUT2D eigenvalue weighted by Crippen LogP contribution is 2.32. The smallest absolute Gasteiger partial charge is 0.270 e. The van der Waals surface area contributed by atoms with Crippen LogP contribution < -0.4 is 15.0 Å². The Kier molecular flexibility index (Phi) is 4.24. The molecule has 0 saturated carbocycles. The van der Waals surface area contributed by atoms with Gasteiger partial charge in [0.05, 0.1) is 11.9 Å². The van der Waals surface area contributed by atoms with Crippen LogP contribution in [0.25, 0.3) is 10.2 Å². The number of ether oxygens (including phenoxy) is 2. The molecule has 7 heteroatoms. The average molecular weight is 370 g/mol. The van der Waals surface area contributed by atoms with Crippen LogP contribution in [0.4, 0.5) is 0 Å². The lowest BCUT2D eigenvalue weighted by Gasteiger charge is -2.03. The van der Waals surface area contributed by atoms with Crippen molar-refractivity contribution >= 4 is 27.5 Å². The van der Waals surface area contributed by atoms with Gasteiger partial charge in [-0.15, -0.1) is 0 Å². The van der Waals surface area contributed by atoms with Crippen LogP contribution in [-0.2, 0) is 17.8 Å². The van der Waals surface area contributed by atoms with E-state index in [4.69, 9.17) is 9.47 Å². The minimum absolute atomic E-state index is 0.0192. The number of hydrogen-bond donors (Lipinski definition) is 0. The number of ketones is 1. The van der Waals surface area contributed by atoms with E-state index in [9.17, 15) is 9.59 Å². The highest BCUT2D eigenvalue weighted by molar-refractivity contribution is 7.13. The van der Waals surface area contributed by atoms with Crippen molar-refractivity contribution in [2.45, 2.75) is 33.2 Å². The van der Waals surface area contributed by atoms with E-state index in [-0.39, 0.29) is 24.7 Å². The monoisotopic (exact) mass is 370 g/mol. The fraction of sp³-hybridized carbons (Fsp3) is 0.316. The third-order valence-electron chi connectivity index (χ3n) is 4.40. The van der Waals surface area contributed by atoms with Crippen molar-refractivity contribution in [2.24, 2.45) is 0 Å². The van der Waals surface area contributed by atoms with Crippen molar-refractivity contribution in [1.29, 1.82) is 0 Å². The van der Waals surface area contributed by atoms with Crippen LogP contribution in [0, 0.1) is 13.8 Å². The topological polar surface area (TPSA) is 70.4 Å². The lowest BCUT2D eigenvalue weighted by atomic mass is 10.1. The number of nitrogens with zero attached hydrogens (tertiary/aromatic N) is 2. The molecule has 0 bridgehead atoms. The summed E-state index contributed by atoms with van der Waals surface area (Å²) in [5, 5.41) is 0.615. The molecule has 1 aromatic carbocycles. The standard InChI is InChI=1S/C19H18N2O4S/c1-11-7-12(2)20-18-17(11)19(23)21(26-18)9-14(22)5-3-13-4-6-15-16(8-13)25-10-24-15/h4,6-8H,3,5,9-10H2,1-2H3. The third kappa shape index (κ3) is 3.10. The summed E-state index contributed by atoms with van der Waals surface area (Å²) in [6.07, 6.45) is 0.970. The Labute approximate surface area is 154 Å². The molecule has 0 atom stereocenters. The molecule has 0 amide bonds. The van der Waals surface area contributed by atoms with E-state index in [1.807, 2.05) is 38.1 Å². The fourth-order valence-corrected chi connectivity index (χ4v) is 4.24. The number of pyridine rings is 1. The summed E-state index contributed by atoms with van der Waals surface area (Å²) in [4.78, 5) is 30.0. The molecule has 0 spiro atoms. The number of hydrogen-bond acceptors (Lipinski definition) is 6. The summed E-state index contributed by atoms with van der Waals surface area (Å²) in [7, 11) is 0. The van der Waals surface area contributed by atoms with Crippen LogP contribution in [0.5, 0.6) is 11.5 Å². The summed E-state index contributed by atoms with van der Waals surface area (Å²) in [5.41, 5.74) is 2.66. The van der Waals surface area contributed by atoms with Crippen LogP contribution in [0.2, 0.25) is 0 Å². The summed E-state index contributed by atoms with van der Waals surface area (Å²) < 4.78 is 12.1. The lowest BCUT2D eigenvalue weighted by Crippen LogP contribution is -2.19. The fourth-order valence-electron chi connectivity index (χ4n) is 3.12. The molecule has 1 aliphatic rings. The van der Waals surface area contributed by atoms with Gasteiger partial charge in [0.15, 0.2) is 17.3 Å². The molecule has 134 valence electrons. The number of fused-ring (bicyclic) bond motifs is 2. The predicted molar refractivity (Wildman–Crippen MR) is 99.2 cm³/mol. The molecule has 0 N–H and O–H groups in total. The molecular weight excluding hydrogens is 352 g/mol. The Hall–Kier alpha value is -2.67. The number of aromatic nitrogens is 2. The summed E-state index contributed by atoms with van der Waals surface area (Å²) in [6.45, 7) is 4.12. The van der Waals surface area contributed by atoms with Crippen LogP contribution in [-0.4, -0.2) is 21.5 Å². The Morgan fingerprint density at radius 2 is 2.04 bits per heavy atom. The van der Waals surface area contributed by atoms with Crippen LogP contribution >= 0.6 is 11.5 Å². The first-order valence-electron chi connectivity index (χ1n) is 8.39. The number of rotatable bonds is 5. The Balaban J connectivity index is 1.47. The molecule has 1 aliphatic heterocycles. The number of Topliss-reactive ketones (excluding diaryl/α,β-unsaturated/α-hetero) is 1. The minimum Gasteiger partial charge on any atom is -0.454 e. The highest BCUT2D eigenvalue weighted by Gasteiger charge is 2.16. The largest absolute Gasteiger partial charge is 0.454 e. The van der Waals surface area contributed by atoms with Gasteiger partial charge < -0.3 is 9.47 Å². The molecule has 3 heterocycles. The molecule has 4 rings (SSSR count). The summed E-state index contributed by atoms with van der Waals surface area (Å²) in [5.74, 6) is 1.47. The lowest BCUT2D eigenvalue weighted by molar-refractivity contribution is -0.119. The second-order valence-corrected chi connectivity index (χ2v) is 7.43. The second kappa shape index (κ2) is 6.57. The molecule has 6 nitrogen and oxygen atoms in total. The van der Waals surface area contributed by atoms with Gasteiger partial charge in [-0.2, -0.15) is 0 Å². The van der Waals surface area contributed by atoms with E-state index in [1.165, 1.54) is 15.5 Å². The van der Waals surface area contributed by atoms with Gasteiger partial charge in [0, 0.05) is 12.1 Å². The maximum atomic E-state index is 12.5. The van der Waals surface area contributed by atoms with Gasteiger partial charge in [0.25, 0.3) is 5.56 Å². The van der Waals surface area contributed by atoms with E-state index < -0.39 is 0 Å². The third-order valence-corrected chi connectivity index (χ3v) is 5.38. The van der Waals surface area contributed by atoms with Crippen molar-refractivity contribution in [2.75, 3.05) is 6.79 Å². The normalized spacial score (nSPS) is 12.7. The summed E-state index contributed by atoms with van der Waals surface area (Å²) in [6, 6.07) is 7.58.